The summed E-state index contributed by atoms with van der Waals surface area (Å²) < 4.78 is 20.3. The third-order valence-corrected chi connectivity index (χ3v) is 5.27. The number of nitrogens with zero attached hydrogens (tertiary/aromatic N) is 1. The van der Waals surface area contributed by atoms with Crippen LogP contribution in [0.2, 0.25) is 0 Å². The fraction of sp³-hybridized carbons (Fsp3) is 0.0909. The molecule has 4 nitrogen and oxygen atoms in total. The molecule has 0 spiro atoms. The van der Waals surface area contributed by atoms with Gasteiger partial charge in [0.15, 0.2) is 17.7 Å². The highest BCUT2D eigenvalue weighted by Gasteiger charge is 2.17. The van der Waals surface area contributed by atoms with Gasteiger partial charge < -0.3 is 10.1 Å². The zero-order valence-electron chi connectivity index (χ0n) is 15.1. The van der Waals surface area contributed by atoms with E-state index in [4.69, 9.17) is 4.74 Å². The summed E-state index contributed by atoms with van der Waals surface area (Å²) in [6.45, 7) is 1.58. The van der Waals surface area contributed by atoms with Crippen molar-refractivity contribution in [2.24, 2.45) is 0 Å². The van der Waals surface area contributed by atoms with Crippen LogP contribution in [-0.2, 0) is 4.79 Å². The van der Waals surface area contributed by atoms with Gasteiger partial charge in [-0.15, -0.1) is 11.3 Å². The number of amides is 1. The Balaban J connectivity index is 1.50. The van der Waals surface area contributed by atoms with E-state index in [1.165, 1.54) is 12.1 Å². The molecule has 0 aliphatic heterocycles. The van der Waals surface area contributed by atoms with E-state index in [2.05, 4.69) is 10.3 Å². The number of benzene rings is 3. The maximum Gasteiger partial charge on any atom is 0.265 e. The minimum atomic E-state index is -0.844. The number of ether oxygens (including phenoxy) is 1. The topological polar surface area (TPSA) is 51.2 Å². The summed E-state index contributed by atoms with van der Waals surface area (Å²) >= 11 is 1.60. The molecule has 0 bridgehead atoms. The van der Waals surface area contributed by atoms with Gasteiger partial charge in [0.05, 0.1) is 10.2 Å². The second-order valence-corrected chi connectivity index (χ2v) is 7.28. The molecule has 4 rings (SSSR count). The van der Waals surface area contributed by atoms with Crippen LogP contribution in [0.25, 0.3) is 20.8 Å². The normalized spacial score (nSPS) is 11.9. The average Bonchev–Trinajstić information content (AvgIpc) is 3.14. The predicted octanol–water partition coefficient (Wildman–Crippen LogP) is 5.51. The first-order valence-electron chi connectivity index (χ1n) is 8.78. The number of rotatable bonds is 5. The number of para-hydroxylation sites is 2. The van der Waals surface area contributed by atoms with E-state index in [1.54, 1.807) is 36.5 Å². The molecule has 1 atom stereocenters. The quantitative estimate of drug-likeness (QED) is 0.487. The summed E-state index contributed by atoms with van der Waals surface area (Å²) in [5, 5.41) is 3.70. The Bertz CT molecular complexity index is 1110. The van der Waals surface area contributed by atoms with Gasteiger partial charge in [0.2, 0.25) is 0 Å². The number of hydrogen-bond donors (Lipinski definition) is 1. The Labute approximate surface area is 165 Å². The fourth-order valence-corrected chi connectivity index (χ4v) is 3.72. The van der Waals surface area contributed by atoms with E-state index in [-0.39, 0.29) is 11.7 Å². The first-order valence-corrected chi connectivity index (χ1v) is 9.60. The van der Waals surface area contributed by atoms with E-state index in [0.717, 1.165) is 20.8 Å². The number of thiazole rings is 1. The molecule has 1 amide bonds. The molecule has 0 aliphatic carbocycles. The van der Waals surface area contributed by atoms with Crippen LogP contribution in [0.1, 0.15) is 6.92 Å². The number of carbonyl (C=O) groups excluding carboxylic acids is 1. The number of nitrogens with one attached hydrogen (secondary N) is 1. The molecule has 1 aromatic heterocycles. The number of fused-ring (bicyclic) bond motifs is 1. The Kier molecular flexibility index (Phi) is 5.04. The SMILES string of the molecule is C[C@H](Oc1ccccc1F)C(=O)Nc1cccc(-c2nc3ccccc3s2)c1. The van der Waals surface area contributed by atoms with Gasteiger partial charge in [-0.25, -0.2) is 9.37 Å². The lowest BCUT2D eigenvalue weighted by Crippen LogP contribution is -2.30. The van der Waals surface area contributed by atoms with E-state index in [9.17, 15) is 9.18 Å². The molecule has 0 radical (unpaired) electrons. The van der Waals surface area contributed by atoms with Gasteiger partial charge in [0, 0.05) is 11.3 Å². The summed E-state index contributed by atoms with van der Waals surface area (Å²) in [6.07, 6.45) is -0.844. The standard InChI is InChI=1S/C22H17FN2O2S/c1-14(27-19-11-4-2-9-17(19)23)21(26)24-16-8-6-7-15(13-16)22-25-18-10-3-5-12-20(18)28-22/h2-14H,1H3,(H,24,26)/t14-/m0/s1. The molecule has 0 unspecified atom stereocenters. The van der Waals surface area contributed by atoms with Gasteiger partial charge in [-0.3, -0.25) is 4.79 Å². The minimum absolute atomic E-state index is 0.0494. The lowest BCUT2D eigenvalue weighted by Gasteiger charge is -2.15. The first-order chi connectivity index (χ1) is 13.6. The molecule has 140 valence electrons. The van der Waals surface area contributed by atoms with Crippen LogP contribution in [0, 0.1) is 5.82 Å². The van der Waals surface area contributed by atoms with Crippen molar-refractivity contribution in [2.45, 2.75) is 13.0 Å². The van der Waals surface area contributed by atoms with Crippen LogP contribution in [0.5, 0.6) is 5.75 Å². The van der Waals surface area contributed by atoms with Crippen molar-refractivity contribution in [3.8, 4) is 16.3 Å². The van der Waals surface area contributed by atoms with Crippen molar-refractivity contribution in [1.82, 2.24) is 4.98 Å². The van der Waals surface area contributed by atoms with Crippen molar-refractivity contribution in [3.63, 3.8) is 0 Å². The summed E-state index contributed by atoms with van der Waals surface area (Å²) in [5.74, 6) is -0.807. The number of carbonyl (C=O) groups is 1. The summed E-state index contributed by atoms with van der Waals surface area (Å²) in [7, 11) is 0. The lowest BCUT2D eigenvalue weighted by molar-refractivity contribution is -0.122. The van der Waals surface area contributed by atoms with Crippen molar-refractivity contribution in [1.29, 1.82) is 0 Å². The highest BCUT2D eigenvalue weighted by atomic mass is 32.1. The van der Waals surface area contributed by atoms with Crippen molar-refractivity contribution in [3.05, 3.63) is 78.6 Å². The number of halogens is 1. The molecular formula is C22H17FN2O2S. The van der Waals surface area contributed by atoms with Gasteiger partial charge >= 0.3 is 0 Å². The van der Waals surface area contributed by atoms with Crippen LogP contribution in [-0.4, -0.2) is 17.0 Å². The second kappa shape index (κ2) is 7.78. The number of aromatic nitrogens is 1. The molecule has 1 heterocycles. The van der Waals surface area contributed by atoms with E-state index in [0.29, 0.717) is 5.69 Å². The van der Waals surface area contributed by atoms with Crippen molar-refractivity contribution >= 4 is 33.1 Å². The van der Waals surface area contributed by atoms with Crippen molar-refractivity contribution in [2.75, 3.05) is 5.32 Å². The molecular weight excluding hydrogens is 375 g/mol. The molecule has 0 saturated heterocycles. The monoisotopic (exact) mass is 392 g/mol. The maximum absolute atomic E-state index is 13.7. The van der Waals surface area contributed by atoms with Gasteiger partial charge in [-0.2, -0.15) is 0 Å². The predicted molar refractivity (Wildman–Crippen MR) is 110 cm³/mol. The lowest BCUT2D eigenvalue weighted by atomic mass is 10.2. The van der Waals surface area contributed by atoms with Crippen molar-refractivity contribution < 1.29 is 13.9 Å². The molecule has 6 heteroatoms. The maximum atomic E-state index is 13.7. The van der Waals surface area contributed by atoms with Crippen LogP contribution in [0.15, 0.2) is 72.8 Å². The largest absolute Gasteiger partial charge is 0.478 e. The van der Waals surface area contributed by atoms with E-state index < -0.39 is 11.9 Å². The summed E-state index contributed by atoms with van der Waals surface area (Å²) in [4.78, 5) is 17.1. The average molecular weight is 392 g/mol. The smallest absolute Gasteiger partial charge is 0.265 e. The van der Waals surface area contributed by atoms with Gasteiger partial charge in [0.25, 0.3) is 5.91 Å². The van der Waals surface area contributed by atoms with Crippen LogP contribution >= 0.6 is 11.3 Å². The Morgan fingerprint density at radius 3 is 2.68 bits per heavy atom. The first kappa shape index (κ1) is 18.1. The highest BCUT2D eigenvalue weighted by molar-refractivity contribution is 7.21. The zero-order valence-corrected chi connectivity index (χ0v) is 15.9. The Hall–Kier alpha value is -3.25. The minimum Gasteiger partial charge on any atom is -0.478 e. The van der Waals surface area contributed by atoms with E-state index in [1.807, 2.05) is 42.5 Å². The van der Waals surface area contributed by atoms with Gasteiger partial charge in [0.1, 0.15) is 5.01 Å². The molecule has 0 aliphatic rings. The Morgan fingerprint density at radius 2 is 1.86 bits per heavy atom. The molecule has 0 saturated carbocycles. The molecule has 4 aromatic rings. The van der Waals surface area contributed by atoms with Crippen LogP contribution < -0.4 is 10.1 Å². The highest BCUT2D eigenvalue weighted by Crippen LogP contribution is 2.31. The van der Waals surface area contributed by atoms with Crippen LogP contribution in [0.3, 0.4) is 0 Å². The molecule has 3 aromatic carbocycles. The third-order valence-electron chi connectivity index (χ3n) is 4.18. The Morgan fingerprint density at radius 1 is 1.07 bits per heavy atom. The number of hydrogen-bond acceptors (Lipinski definition) is 4. The van der Waals surface area contributed by atoms with E-state index >= 15 is 0 Å². The summed E-state index contributed by atoms with van der Waals surface area (Å²) in [5.41, 5.74) is 2.50. The second-order valence-electron chi connectivity index (χ2n) is 6.25. The molecule has 1 N–H and O–H groups in total. The summed E-state index contributed by atoms with van der Waals surface area (Å²) in [6, 6.07) is 21.4. The molecule has 0 fully saturated rings. The zero-order chi connectivity index (χ0) is 19.5. The van der Waals surface area contributed by atoms with Crippen LogP contribution in [0.4, 0.5) is 10.1 Å². The van der Waals surface area contributed by atoms with Gasteiger partial charge in [-0.1, -0.05) is 36.4 Å². The van der Waals surface area contributed by atoms with Gasteiger partial charge in [-0.05, 0) is 43.3 Å². The fourth-order valence-electron chi connectivity index (χ4n) is 2.75. The number of anilines is 1. The third kappa shape index (κ3) is 3.87. The molecule has 28 heavy (non-hydrogen) atoms.